The summed E-state index contributed by atoms with van der Waals surface area (Å²) in [7, 11) is 0. The third-order valence-electron chi connectivity index (χ3n) is 3.98. The van der Waals surface area contributed by atoms with Gasteiger partial charge < -0.3 is 10.6 Å². The fourth-order valence-corrected chi connectivity index (χ4v) is 2.41. The number of rotatable bonds is 6. The lowest BCUT2D eigenvalue weighted by Gasteiger charge is -2.08. The summed E-state index contributed by atoms with van der Waals surface area (Å²) >= 11 is 0. The van der Waals surface area contributed by atoms with Crippen LogP contribution in [-0.2, 0) is 13.1 Å². The van der Waals surface area contributed by atoms with Gasteiger partial charge in [-0.2, -0.15) is 0 Å². The molecule has 0 saturated heterocycles. The second kappa shape index (κ2) is 8.20. The van der Waals surface area contributed by atoms with E-state index in [2.05, 4.69) is 20.6 Å². The van der Waals surface area contributed by atoms with Crippen LogP contribution in [0.1, 0.15) is 27.0 Å². The van der Waals surface area contributed by atoms with E-state index in [0.29, 0.717) is 24.6 Å². The average molecular weight is 350 g/mol. The lowest BCUT2D eigenvalue weighted by molar-refractivity contribution is 0.0950. The predicted molar refractivity (Wildman–Crippen MR) is 98.1 cm³/mol. The van der Waals surface area contributed by atoms with Crippen LogP contribution in [0.4, 0.5) is 10.3 Å². The summed E-state index contributed by atoms with van der Waals surface area (Å²) in [5.74, 6) is -0.0887. The van der Waals surface area contributed by atoms with Crippen molar-refractivity contribution in [1.82, 2.24) is 15.3 Å². The van der Waals surface area contributed by atoms with Gasteiger partial charge in [-0.3, -0.25) is 4.79 Å². The van der Waals surface area contributed by atoms with E-state index in [1.807, 2.05) is 31.2 Å². The number of aryl methyl sites for hydroxylation is 1. The van der Waals surface area contributed by atoms with E-state index in [1.165, 1.54) is 24.5 Å². The van der Waals surface area contributed by atoms with E-state index in [1.54, 1.807) is 12.1 Å². The Morgan fingerprint density at radius 1 is 1.00 bits per heavy atom. The molecule has 1 aromatic heterocycles. The highest BCUT2D eigenvalue weighted by atomic mass is 19.1. The Morgan fingerprint density at radius 3 is 2.38 bits per heavy atom. The first kappa shape index (κ1) is 17.5. The smallest absolute Gasteiger partial charge is 0.254 e. The minimum absolute atomic E-state index is 0.224. The zero-order chi connectivity index (χ0) is 18.4. The van der Waals surface area contributed by atoms with Gasteiger partial charge in [0.1, 0.15) is 5.82 Å². The van der Waals surface area contributed by atoms with E-state index < -0.39 is 0 Å². The van der Waals surface area contributed by atoms with Gasteiger partial charge in [0.25, 0.3) is 5.91 Å². The van der Waals surface area contributed by atoms with Gasteiger partial charge in [0.2, 0.25) is 5.95 Å². The number of anilines is 1. The summed E-state index contributed by atoms with van der Waals surface area (Å²) in [6, 6.07) is 14.1. The number of nitrogens with zero attached hydrogens (tertiary/aromatic N) is 2. The van der Waals surface area contributed by atoms with Crippen molar-refractivity contribution in [2.24, 2.45) is 0 Å². The van der Waals surface area contributed by atoms with E-state index >= 15 is 0 Å². The molecule has 5 nitrogen and oxygen atoms in total. The van der Waals surface area contributed by atoms with E-state index in [-0.39, 0.29) is 11.7 Å². The van der Waals surface area contributed by atoms with Gasteiger partial charge in [-0.1, -0.05) is 36.4 Å². The van der Waals surface area contributed by atoms with Crippen molar-refractivity contribution in [3.05, 3.63) is 89.0 Å². The topological polar surface area (TPSA) is 66.9 Å². The Hall–Kier alpha value is -3.28. The van der Waals surface area contributed by atoms with Gasteiger partial charge in [0.05, 0.1) is 5.56 Å². The molecule has 0 radical (unpaired) electrons. The van der Waals surface area contributed by atoms with Crippen LogP contribution < -0.4 is 10.6 Å². The molecule has 0 fully saturated rings. The Kier molecular flexibility index (Phi) is 5.53. The lowest BCUT2D eigenvalue weighted by Crippen LogP contribution is -2.23. The molecule has 0 aliphatic heterocycles. The van der Waals surface area contributed by atoms with Gasteiger partial charge in [0.15, 0.2) is 0 Å². The van der Waals surface area contributed by atoms with Crippen LogP contribution in [0.5, 0.6) is 0 Å². The molecule has 0 aliphatic carbocycles. The average Bonchev–Trinajstić information content (AvgIpc) is 2.67. The SMILES string of the molecule is Cc1ccccc1CNC(=O)c1cnc(NCc2ccc(F)cc2)nc1. The standard InChI is InChI=1S/C20H19FN4O/c1-14-4-2-3-5-16(14)11-22-19(26)17-12-24-20(25-13-17)23-10-15-6-8-18(21)9-7-15/h2-9,12-13H,10-11H2,1H3,(H,22,26)(H,23,24,25). The van der Waals surface area contributed by atoms with Crippen LogP contribution in [0.15, 0.2) is 60.9 Å². The van der Waals surface area contributed by atoms with Gasteiger partial charge in [-0.15, -0.1) is 0 Å². The molecule has 132 valence electrons. The lowest BCUT2D eigenvalue weighted by atomic mass is 10.1. The highest BCUT2D eigenvalue weighted by Gasteiger charge is 2.08. The van der Waals surface area contributed by atoms with Crippen molar-refractivity contribution in [3.8, 4) is 0 Å². The molecule has 6 heteroatoms. The second-order valence-electron chi connectivity index (χ2n) is 5.88. The Balaban J connectivity index is 1.54. The maximum atomic E-state index is 12.9. The molecule has 1 amide bonds. The van der Waals surface area contributed by atoms with Gasteiger partial charge in [0, 0.05) is 25.5 Å². The molecule has 3 rings (SSSR count). The molecule has 1 heterocycles. The summed E-state index contributed by atoms with van der Waals surface area (Å²) in [5.41, 5.74) is 3.50. The molecular weight excluding hydrogens is 331 g/mol. The van der Waals surface area contributed by atoms with Crippen molar-refractivity contribution < 1.29 is 9.18 Å². The first-order valence-electron chi connectivity index (χ1n) is 8.25. The number of carbonyl (C=O) groups is 1. The van der Waals surface area contributed by atoms with Gasteiger partial charge >= 0.3 is 0 Å². The van der Waals surface area contributed by atoms with Crippen molar-refractivity contribution in [2.45, 2.75) is 20.0 Å². The van der Waals surface area contributed by atoms with Crippen molar-refractivity contribution in [1.29, 1.82) is 0 Å². The minimum atomic E-state index is -0.272. The number of benzene rings is 2. The molecule has 26 heavy (non-hydrogen) atoms. The Morgan fingerprint density at radius 2 is 1.69 bits per heavy atom. The van der Waals surface area contributed by atoms with Crippen LogP contribution in [0.25, 0.3) is 0 Å². The number of nitrogens with one attached hydrogen (secondary N) is 2. The van der Waals surface area contributed by atoms with Crippen LogP contribution in [-0.4, -0.2) is 15.9 Å². The number of halogens is 1. The summed E-state index contributed by atoms with van der Waals surface area (Å²) in [5, 5.41) is 5.90. The molecule has 0 aliphatic rings. The Labute approximate surface area is 151 Å². The molecule has 2 aromatic carbocycles. The van der Waals surface area contributed by atoms with Crippen molar-refractivity contribution >= 4 is 11.9 Å². The third-order valence-corrected chi connectivity index (χ3v) is 3.98. The van der Waals surface area contributed by atoms with E-state index in [4.69, 9.17) is 0 Å². The van der Waals surface area contributed by atoms with Crippen LogP contribution >= 0.6 is 0 Å². The van der Waals surface area contributed by atoms with Gasteiger partial charge in [-0.25, -0.2) is 14.4 Å². The molecule has 0 unspecified atom stereocenters. The quantitative estimate of drug-likeness (QED) is 0.714. The number of hydrogen-bond donors (Lipinski definition) is 2. The summed E-state index contributed by atoms with van der Waals surface area (Å²) in [6.45, 7) is 2.93. The monoisotopic (exact) mass is 350 g/mol. The first-order chi connectivity index (χ1) is 12.6. The summed E-state index contributed by atoms with van der Waals surface area (Å²) in [6.07, 6.45) is 2.96. The zero-order valence-electron chi connectivity index (χ0n) is 14.4. The largest absolute Gasteiger partial charge is 0.350 e. The summed E-state index contributed by atoms with van der Waals surface area (Å²) in [4.78, 5) is 20.5. The number of hydrogen-bond acceptors (Lipinski definition) is 4. The van der Waals surface area contributed by atoms with Crippen molar-refractivity contribution in [3.63, 3.8) is 0 Å². The maximum Gasteiger partial charge on any atom is 0.254 e. The second-order valence-corrected chi connectivity index (χ2v) is 5.88. The molecule has 0 bridgehead atoms. The fourth-order valence-electron chi connectivity index (χ4n) is 2.41. The van der Waals surface area contributed by atoms with Crippen LogP contribution in [0.2, 0.25) is 0 Å². The molecule has 2 N–H and O–H groups in total. The first-order valence-corrected chi connectivity index (χ1v) is 8.25. The highest BCUT2D eigenvalue weighted by molar-refractivity contribution is 5.93. The third kappa shape index (κ3) is 4.63. The van der Waals surface area contributed by atoms with Crippen LogP contribution in [0.3, 0.4) is 0 Å². The zero-order valence-corrected chi connectivity index (χ0v) is 14.4. The fraction of sp³-hybridized carbons (Fsp3) is 0.150. The molecular formula is C20H19FN4O. The van der Waals surface area contributed by atoms with Crippen molar-refractivity contribution in [2.75, 3.05) is 5.32 Å². The van der Waals surface area contributed by atoms with Crippen LogP contribution in [0, 0.1) is 12.7 Å². The number of aromatic nitrogens is 2. The normalized spacial score (nSPS) is 10.4. The summed E-state index contributed by atoms with van der Waals surface area (Å²) < 4.78 is 12.9. The molecule has 3 aromatic rings. The predicted octanol–water partition coefficient (Wildman–Crippen LogP) is 3.47. The molecule has 0 spiro atoms. The highest BCUT2D eigenvalue weighted by Crippen LogP contribution is 2.08. The number of carbonyl (C=O) groups excluding carboxylic acids is 1. The molecule has 0 atom stereocenters. The maximum absolute atomic E-state index is 12.9. The molecule has 0 saturated carbocycles. The Bertz CT molecular complexity index is 879. The van der Waals surface area contributed by atoms with E-state index in [0.717, 1.165) is 16.7 Å². The van der Waals surface area contributed by atoms with E-state index in [9.17, 15) is 9.18 Å². The minimum Gasteiger partial charge on any atom is -0.350 e. The van der Waals surface area contributed by atoms with Gasteiger partial charge in [-0.05, 0) is 35.7 Å². The number of amides is 1.